The lowest BCUT2D eigenvalue weighted by Gasteiger charge is -2.14. The van der Waals surface area contributed by atoms with Crippen molar-refractivity contribution in [3.63, 3.8) is 0 Å². The summed E-state index contributed by atoms with van der Waals surface area (Å²) in [5.74, 6) is 1.28. The van der Waals surface area contributed by atoms with Gasteiger partial charge in [0, 0.05) is 5.92 Å². The first kappa shape index (κ1) is 12.4. The zero-order chi connectivity index (χ0) is 12.1. The first-order valence-corrected chi connectivity index (χ1v) is 4.85. The predicted molar refractivity (Wildman–Crippen MR) is 60.2 cm³/mol. The molecule has 0 aromatic heterocycles. The van der Waals surface area contributed by atoms with Gasteiger partial charge in [-0.1, -0.05) is 6.92 Å². The van der Waals surface area contributed by atoms with Gasteiger partial charge in [-0.05, 0) is 17.7 Å². The molecule has 0 amide bonds. The molecule has 4 heteroatoms. The van der Waals surface area contributed by atoms with Crippen molar-refractivity contribution >= 4 is 6.29 Å². The summed E-state index contributed by atoms with van der Waals surface area (Å²) in [6, 6.07) is 3.49. The van der Waals surface area contributed by atoms with Crippen molar-refractivity contribution in [3.05, 3.63) is 17.7 Å². The lowest BCUT2D eigenvalue weighted by Crippen LogP contribution is -2.00. The largest absolute Gasteiger partial charge is 0.493 e. The molecule has 0 saturated carbocycles. The van der Waals surface area contributed by atoms with Crippen LogP contribution in [0.3, 0.4) is 0 Å². The van der Waals surface area contributed by atoms with Crippen LogP contribution < -0.4 is 14.2 Å². The van der Waals surface area contributed by atoms with Crippen LogP contribution in [-0.4, -0.2) is 27.6 Å². The van der Waals surface area contributed by atoms with Crippen LogP contribution in [0, 0.1) is 0 Å². The molecule has 0 spiro atoms. The smallest absolute Gasteiger partial charge is 0.206 e. The van der Waals surface area contributed by atoms with Crippen LogP contribution in [0.15, 0.2) is 12.1 Å². The van der Waals surface area contributed by atoms with Crippen LogP contribution >= 0.6 is 0 Å². The zero-order valence-electron chi connectivity index (χ0n) is 9.87. The van der Waals surface area contributed by atoms with Gasteiger partial charge >= 0.3 is 0 Å². The Labute approximate surface area is 95.1 Å². The van der Waals surface area contributed by atoms with E-state index in [1.165, 1.54) is 21.3 Å². The van der Waals surface area contributed by atoms with E-state index in [-0.39, 0.29) is 5.92 Å². The van der Waals surface area contributed by atoms with Gasteiger partial charge in [-0.3, -0.25) is 4.79 Å². The number of carbonyl (C=O) groups excluding carboxylic acids is 1. The zero-order valence-corrected chi connectivity index (χ0v) is 9.87. The summed E-state index contributed by atoms with van der Waals surface area (Å²) in [5, 5.41) is 0. The molecule has 0 N–H and O–H groups in total. The Kier molecular flexibility index (Phi) is 4.17. The van der Waals surface area contributed by atoms with Crippen molar-refractivity contribution in [2.75, 3.05) is 21.3 Å². The SMILES string of the molecule is COc1cc([C@H](C)[C]=O)cc(OC)c1OC. The van der Waals surface area contributed by atoms with E-state index in [0.29, 0.717) is 17.2 Å². The standard InChI is InChI=1S/C12H15O4/c1-8(7-13)9-5-10(14-2)12(16-4)11(6-9)15-3/h5-6,8H,1-4H3/t8-/m1/s1. The summed E-state index contributed by atoms with van der Waals surface area (Å²) in [4.78, 5) is 10.6. The number of hydrogen-bond donors (Lipinski definition) is 0. The summed E-state index contributed by atoms with van der Waals surface area (Å²) in [5.41, 5.74) is 0.782. The summed E-state index contributed by atoms with van der Waals surface area (Å²) in [6.45, 7) is 1.76. The lowest BCUT2D eigenvalue weighted by atomic mass is 10.0. The Morgan fingerprint density at radius 2 is 1.56 bits per heavy atom. The van der Waals surface area contributed by atoms with Crippen LogP contribution in [0.5, 0.6) is 17.2 Å². The average Bonchev–Trinajstić information content (AvgIpc) is 2.35. The molecular formula is C12H15O4. The van der Waals surface area contributed by atoms with Crippen molar-refractivity contribution in [1.29, 1.82) is 0 Å². The van der Waals surface area contributed by atoms with E-state index >= 15 is 0 Å². The highest BCUT2D eigenvalue weighted by Gasteiger charge is 2.16. The Balaban J connectivity index is 3.30. The van der Waals surface area contributed by atoms with Crippen molar-refractivity contribution in [1.82, 2.24) is 0 Å². The maximum atomic E-state index is 10.6. The third kappa shape index (κ3) is 2.27. The highest BCUT2D eigenvalue weighted by Crippen LogP contribution is 2.39. The molecule has 1 aromatic carbocycles. The van der Waals surface area contributed by atoms with E-state index in [9.17, 15) is 4.79 Å². The second-order valence-corrected chi connectivity index (χ2v) is 3.30. The Morgan fingerprint density at radius 1 is 1.06 bits per heavy atom. The third-order valence-corrected chi connectivity index (χ3v) is 2.36. The quantitative estimate of drug-likeness (QED) is 0.765. The van der Waals surface area contributed by atoms with Crippen LogP contribution in [0.1, 0.15) is 18.4 Å². The number of hydrogen-bond acceptors (Lipinski definition) is 4. The monoisotopic (exact) mass is 223 g/mol. The molecule has 0 aliphatic rings. The van der Waals surface area contributed by atoms with Gasteiger partial charge in [0.2, 0.25) is 12.0 Å². The first-order valence-electron chi connectivity index (χ1n) is 4.85. The van der Waals surface area contributed by atoms with Crippen LogP contribution in [0.25, 0.3) is 0 Å². The third-order valence-electron chi connectivity index (χ3n) is 2.36. The topological polar surface area (TPSA) is 44.8 Å². The molecule has 0 saturated heterocycles. The molecule has 1 atom stereocenters. The van der Waals surface area contributed by atoms with E-state index < -0.39 is 0 Å². The highest BCUT2D eigenvalue weighted by atomic mass is 16.5. The van der Waals surface area contributed by atoms with E-state index in [2.05, 4.69) is 0 Å². The summed E-state index contributed by atoms with van der Waals surface area (Å²) < 4.78 is 15.5. The fourth-order valence-electron chi connectivity index (χ4n) is 1.42. The predicted octanol–water partition coefficient (Wildman–Crippen LogP) is 1.93. The molecular weight excluding hydrogens is 208 g/mol. The molecule has 1 aromatic rings. The molecule has 16 heavy (non-hydrogen) atoms. The molecule has 0 fully saturated rings. The molecule has 0 bridgehead atoms. The van der Waals surface area contributed by atoms with Crippen LogP contribution in [-0.2, 0) is 4.79 Å². The second-order valence-electron chi connectivity index (χ2n) is 3.30. The summed E-state index contributed by atoms with van der Waals surface area (Å²) in [7, 11) is 4.61. The van der Waals surface area contributed by atoms with Crippen molar-refractivity contribution in [2.24, 2.45) is 0 Å². The van der Waals surface area contributed by atoms with Gasteiger partial charge < -0.3 is 14.2 Å². The second kappa shape index (κ2) is 5.39. The molecule has 0 heterocycles. The molecule has 0 aliphatic heterocycles. The fourth-order valence-corrected chi connectivity index (χ4v) is 1.42. The van der Waals surface area contributed by atoms with Crippen molar-refractivity contribution < 1.29 is 19.0 Å². The van der Waals surface area contributed by atoms with Gasteiger partial charge in [0.05, 0.1) is 21.3 Å². The van der Waals surface area contributed by atoms with Crippen molar-refractivity contribution in [2.45, 2.75) is 12.8 Å². The Hall–Kier alpha value is -1.71. The van der Waals surface area contributed by atoms with Crippen LogP contribution in [0.4, 0.5) is 0 Å². The highest BCUT2D eigenvalue weighted by molar-refractivity contribution is 5.65. The molecule has 1 radical (unpaired) electrons. The van der Waals surface area contributed by atoms with E-state index in [4.69, 9.17) is 14.2 Å². The molecule has 4 nitrogen and oxygen atoms in total. The minimum atomic E-state index is -0.325. The maximum absolute atomic E-state index is 10.6. The molecule has 1 rings (SSSR count). The van der Waals surface area contributed by atoms with E-state index in [1.807, 2.05) is 6.29 Å². The molecule has 87 valence electrons. The van der Waals surface area contributed by atoms with Crippen molar-refractivity contribution in [3.8, 4) is 17.2 Å². The minimum absolute atomic E-state index is 0.325. The van der Waals surface area contributed by atoms with Gasteiger partial charge in [0.15, 0.2) is 11.5 Å². The maximum Gasteiger partial charge on any atom is 0.206 e. The number of benzene rings is 1. The average molecular weight is 223 g/mol. The summed E-state index contributed by atoms with van der Waals surface area (Å²) >= 11 is 0. The molecule has 0 unspecified atom stereocenters. The van der Waals surface area contributed by atoms with Gasteiger partial charge in [0.25, 0.3) is 0 Å². The Morgan fingerprint density at radius 3 is 1.88 bits per heavy atom. The number of methoxy groups -OCH3 is 3. The first-order chi connectivity index (χ1) is 7.67. The van der Waals surface area contributed by atoms with E-state index in [1.54, 1.807) is 19.1 Å². The number of ether oxygens (including phenoxy) is 3. The number of rotatable bonds is 5. The normalized spacial score (nSPS) is 11.8. The molecule has 0 aliphatic carbocycles. The fraction of sp³-hybridized carbons (Fsp3) is 0.417. The van der Waals surface area contributed by atoms with Gasteiger partial charge in [-0.2, -0.15) is 0 Å². The van der Waals surface area contributed by atoms with Gasteiger partial charge in [-0.25, -0.2) is 0 Å². The van der Waals surface area contributed by atoms with Gasteiger partial charge in [0.1, 0.15) is 0 Å². The van der Waals surface area contributed by atoms with Gasteiger partial charge in [-0.15, -0.1) is 0 Å². The summed E-state index contributed by atoms with van der Waals surface area (Å²) in [6.07, 6.45) is 1.92. The van der Waals surface area contributed by atoms with Crippen LogP contribution in [0.2, 0.25) is 0 Å². The Bertz CT molecular complexity index is 348. The van der Waals surface area contributed by atoms with E-state index in [0.717, 1.165) is 5.56 Å². The lowest BCUT2D eigenvalue weighted by molar-refractivity contribution is 0.323. The minimum Gasteiger partial charge on any atom is -0.493 e.